The number of allylic oxidation sites excluding steroid dienone is 2. The molecule has 5 unspecified atom stereocenters. The van der Waals surface area contributed by atoms with Gasteiger partial charge < -0.3 is 79.1 Å². The van der Waals surface area contributed by atoms with Crippen molar-refractivity contribution in [1.29, 1.82) is 0 Å². The zero-order valence-corrected chi connectivity index (χ0v) is 80.7. The van der Waals surface area contributed by atoms with Gasteiger partial charge in [0, 0.05) is 12.8 Å². The highest BCUT2D eigenvalue weighted by Gasteiger charge is 2.53. The Morgan fingerprint density at radius 1 is 0.352 bits per heavy atom. The van der Waals surface area contributed by atoms with E-state index in [1.54, 1.807) is 0 Å². The van der Waals surface area contributed by atoms with Gasteiger partial charge >= 0.3 is 31.7 Å². The normalized spacial score (nSPS) is 20.2. The van der Waals surface area contributed by atoms with E-state index in [1.165, 1.54) is 128 Å². The smallest absolute Gasteiger partial charge is 0.462 e. The molecule has 0 aromatic carbocycles. The maximum Gasteiger partial charge on any atom is 0.472 e. The highest BCUT2D eigenvalue weighted by atomic mass is 31.2. The van der Waals surface area contributed by atoms with E-state index in [4.69, 9.17) is 37.7 Å². The molecule has 2 rings (SSSR count). The lowest BCUT2D eigenvalue weighted by Gasteiger charge is -2.46. The van der Waals surface area contributed by atoms with E-state index in [2.05, 4.69) is 64.3 Å². The van der Waals surface area contributed by atoms with Gasteiger partial charge in [0.05, 0.1) is 51.1 Å². The van der Waals surface area contributed by atoms with Crippen LogP contribution in [0.15, 0.2) is 12.2 Å². The predicted molar refractivity (Wildman–Crippen MR) is 497 cm³/mol. The number of ether oxygens (including phenoxy) is 7. The molecule has 24 nitrogen and oxygen atoms in total. The zero-order chi connectivity index (χ0) is 91.4. The molecule has 0 saturated carbocycles. The van der Waals surface area contributed by atoms with Gasteiger partial charge in [-0.25, -0.2) is 4.57 Å². The van der Waals surface area contributed by atoms with E-state index in [9.17, 15) is 68.7 Å². The van der Waals surface area contributed by atoms with Gasteiger partial charge in [-0.1, -0.05) is 388 Å². The summed E-state index contributed by atoms with van der Waals surface area (Å²) < 4.78 is 61.7. The van der Waals surface area contributed by atoms with E-state index < -0.39 is 168 Å². The summed E-state index contributed by atoms with van der Waals surface area (Å²) in [5.74, 6) is -4.54. The van der Waals surface area contributed by atoms with Crippen molar-refractivity contribution in [1.82, 2.24) is 10.6 Å². The molecule has 2 aliphatic rings. The number of esters is 4. The minimum Gasteiger partial charge on any atom is -0.462 e. The largest absolute Gasteiger partial charge is 0.472 e. The number of hydrogen-bond acceptors (Lipinski definition) is 20. The number of aliphatic hydroxyl groups is 5. The van der Waals surface area contributed by atoms with Gasteiger partial charge in [-0.3, -0.25) is 33.3 Å². The van der Waals surface area contributed by atoms with Crippen LogP contribution in [0.2, 0.25) is 0 Å². The first-order valence-corrected chi connectivity index (χ1v) is 53.2. The molecule has 2 amide bonds. The fourth-order valence-electron chi connectivity index (χ4n) is 17.1. The summed E-state index contributed by atoms with van der Waals surface area (Å²) in [6.07, 6.45) is 47.5. The van der Waals surface area contributed by atoms with E-state index >= 15 is 0 Å². The van der Waals surface area contributed by atoms with E-state index in [1.807, 2.05) is 0 Å². The summed E-state index contributed by atoms with van der Waals surface area (Å²) in [6.45, 7) is 11.4. The molecule has 9 N–H and O–H groups in total. The summed E-state index contributed by atoms with van der Waals surface area (Å²) in [6, 6.07) is -3.57. The summed E-state index contributed by atoms with van der Waals surface area (Å²) in [5.41, 5.74) is 0. The number of hydrogen-bond donors (Lipinski definition) is 9. The molecule has 2 fully saturated rings. The third-order valence-electron chi connectivity index (χ3n) is 24.8. The molecule has 0 aliphatic carbocycles. The van der Waals surface area contributed by atoms with Crippen LogP contribution >= 0.6 is 7.82 Å². The van der Waals surface area contributed by atoms with E-state index in [0.29, 0.717) is 51.4 Å². The van der Waals surface area contributed by atoms with Gasteiger partial charge in [0.25, 0.3) is 0 Å². The Kier molecular flexibility index (Phi) is 75.2. The maximum atomic E-state index is 14.9. The fraction of sp³-hybridized carbons (Fsp3) is 0.920. The van der Waals surface area contributed by atoms with Crippen LogP contribution in [0.25, 0.3) is 0 Å². The monoisotopic (exact) mass is 1800 g/mol. The third kappa shape index (κ3) is 64.0. The molecule has 25 heteroatoms. The van der Waals surface area contributed by atoms with Crippen LogP contribution in [0, 0.1) is 0 Å². The molecule has 0 aromatic heterocycles. The first-order chi connectivity index (χ1) is 60.6. The third-order valence-corrected chi connectivity index (χ3v) is 25.3. The Labute approximate surface area is 758 Å². The Bertz CT molecular complexity index is 2670. The molecule has 125 heavy (non-hydrogen) atoms. The summed E-state index contributed by atoms with van der Waals surface area (Å²) in [4.78, 5) is 107. The number of aliphatic hydroxyl groups excluding tert-OH is 5. The second-order valence-electron chi connectivity index (χ2n) is 36.7. The Hall–Kier alpha value is -3.65. The number of carbonyl (C=O) groups is 6. The van der Waals surface area contributed by atoms with Gasteiger partial charge in [-0.15, -0.1) is 0 Å². The predicted octanol–water partition coefficient (Wildman–Crippen LogP) is 22.6. The second-order valence-corrected chi connectivity index (χ2v) is 37.9. The van der Waals surface area contributed by atoms with Gasteiger partial charge in [0.2, 0.25) is 11.8 Å². The first-order valence-electron chi connectivity index (χ1n) is 51.6. The molecule has 0 aromatic rings. The van der Waals surface area contributed by atoms with Crippen LogP contribution in [-0.4, -0.2) is 170 Å². The lowest BCUT2D eigenvalue weighted by atomic mass is 9.95. The number of nitrogens with one attached hydrogen (secondary N) is 2. The van der Waals surface area contributed by atoms with Crippen LogP contribution in [0.5, 0.6) is 0 Å². The van der Waals surface area contributed by atoms with Crippen molar-refractivity contribution < 1.29 is 106 Å². The highest BCUT2D eigenvalue weighted by molar-refractivity contribution is 7.46. The van der Waals surface area contributed by atoms with Crippen LogP contribution in [0.3, 0.4) is 0 Å². The van der Waals surface area contributed by atoms with Crippen molar-refractivity contribution in [2.75, 3.05) is 13.2 Å². The van der Waals surface area contributed by atoms with Gasteiger partial charge in [0.15, 0.2) is 24.8 Å². The zero-order valence-electron chi connectivity index (χ0n) is 79.9. The minimum absolute atomic E-state index is 0.131. The first kappa shape index (κ1) is 117. The van der Waals surface area contributed by atoms with Crippen molar-refractivity contribution >= 4 is 43.5 Å². The molecule has 2 saturated heterocycles. The number of phosphoric acid groups is 1. The maximum absolute atomic E-state index is 14.9. The van der Waals surface area contributed by atoms with Gasteiger partial charge in [-0.05, 0) is 77.0 Å². The highest BCUT2D eigenvalue weighted by Crippen LogP contribution is 2.42. The van der Waals surface area contributed by atoms with Crippen LogP contribution in [-0.2, 0) is 71.0 Å². The summed E-state index contributed by atoms with van der Waals surface area (Å²) >= 11 is 0. The summed E-state index contributed by atoms with van der Waals surface area (Å²) in [5, 5.41) is 63.8. The van der Waals surface area contributed by atoms with Crippen LogP contribution in [0.4, 0.5) is 0 Å². The van der Waals surface area contributed by atoms with Crippen molar-refractivity contribution in [3.05, 3.63) is 12.2 Å². The Morgan fingerprint density at radius 2 is 0.624 bits per heavy atom. The lowest BCUT2D eigenvalue weighted by Crippen LogP contribution is -2.67. The van der Waals surface area contributed by atoms with E-state index in [0.717, 1.165) is 218 Å². The fourth-order valence-corrected chi connectivity index (χ4v) is 17.5. The number of phosphoric ester groups is 1. The lowest BCUT2D eigenvalue weighted by molar-refractivity contribution is -0.298. The van der Waals surface area contributed by atoms with Gasteiger partial charge in [-0.2, -0.15) is 0 Å². The van der Waals surface area contributed by atoms with Crippen molar-refractivity contribution in [3.8, 4) is 0 Å². The topological polar surface area (TPSA) is 359 Å². The van der Waals surface area contributed by atoms with Crippen LogP contribution < -0.4 is 10.6 Å². The molecule has 0 bridgehead atoms. The number of carbonyl (C=O) groups excluding carboxylic acids is 6. The van der Waals surface area contributed by atoms with Gasteiger partial charge in [0.1, 0.15) is 48.7 Å². The molecule has 2 heterocycles. The molecule has 14 atom stereocenters. The number of unbranched alkanes of at least 4 members (excludes halogenated alkanes) is 53. The SMILES string of the molecule is CCCCCC/C=C\CCCCCCCC(=O)O[C@H](CCCCCCCCCCC)CC(=O)NC1[C@H](OCC2OC(OP(=O)(O)O)C(NC(=O)C[C@@H](CCCCCCCCCCC)OC(=O)CCCCCCCCCCCCCCC)[C@@H](OC(=O)C[C@H](O)CCCCCCCCCCC)[C@@H]2O)OC(CO)[C@@H](O)[C@@H]1OC(=O)C[C@H](O)CCCCCCCCCCC. The molecule has 2 aliphatic heterocycles. The summed E-state index contributed by atoms with van der Waals surface area (Å²) in [7, 11) is -5.65. The molecular weight excluding hydrogens is 1610 g/mol. The molecule has 0 radical (unpaired) electrons. The average molecular weight is 1800 g/mol. The number of amides is 2. The van der Waals surface area contributed by atoms with Crippen molar-refractivity contribution in [2.45, 2.75) is 577 Å². The number of rotatable bonds is 87. The second kappa shape index (κ2) is 80.0. The van der Waals surface area contributed by atoms with Crippen LogP contribution in [0.1, 0.15) is 491 Å². The average Bonchev–Trinajstić information content (AvgIpc) is 0.782. The quantitative estimate of drug-likeness (QED) is 0.00898. The molecule has 0 spiro atoms. The standard InChI is InChI=1S/C100H187N2O22P/c1-7-13-19-25-31-37-39-41-43-49-55-61-67-73-89(108)118-83(71-65-59-53-47-35-29-23-17-11-5)77-87(106)101-93-97(122-91(110)75-81(104)69-63-57-51-45-33-27-21-15-9-3)95(112)85(79-103)120-99(93)117-80-86-96(113)98(123-92(111)76-82(105)70-64-58-52-46-34-28-22-16-10-4)94(100(121-86)124-125(114,115)116)102-88(107)78-84(72-66-60-54-48-36-30-24-18-12-6)119-90(109)74-68-62-56-50-44-42-40-38-32-26-20-14-8-2/h37,39,81-86,93-100,103-105,112-113H,7-36,38,40-80H2,1-6H3,(H,101,106)(H,102,107)(H2,114,115,116)/b39-37-/t81-,82-,83-,84-,85?,86?,93?,94?,95-,96-,97-,98-,99-,100?/m1/s1. The van der Waals surface area contributed by atoms with E-state index in [-0.39, 0.29) is 25.7 Å². The Morgan fingerprint density at radius 3 is 0.944 bits per heavy atom. The Balaban J connectivity index is 2.68. The minimum atomic E-state index is -5.65. The molecule has 734 valence electrons. The van der Waals surface area contributed by atoms with Crippen molar-refractivity contribution in [3.63, 3.8) is 0 Å². The molecular formula is C100H187N2O22P. The van der Waals surface area contributed by atoms with Crippen molar-refractivity contribution in [2.24, 2.45) is 0 Å².